The molecule has 0 spiro atoms. The molecular formula is C32H51FN2O4. The number of hydrogen-bond acceptors (Lipinski definition) is 6. The molecular weight excluding hydrogens is 495 g/mol. The van der Waals surface area contributed by atoms with Crippen LogP contribution in [-0.2, 0) is 14.5 Å². The van der Waals surface area contributed by atoms with Crippen molar-refractivity contribution in [1.29, 1.82) is 0 Å². The molecule has 0 bridgehead atoms. The lowest BCUT2D eigenvalue weighted by molar-refractivity contribution is -0.269. The molecule has 0 aliphatic heterocycles. The highest BCUT2D eigenvalue weighted by atomic mass is 19.2. The number of aldehydes is 1. The molecule has 2 aliphatic rings. The summed E-state index contributed by atoms with van der Waals surface area (Å²) in [6.45, 7) is 15.3. The van der Waals surface area contributed by atoms with Crippen LogP contribution in [0.5, 0.6) is 5.75 Å². The molecule has 7 heteroatoms. The summed E-state index contributed by atoms with van der Waals surface area (Å²) in [5, 5.41) is 4.43. The van der Waals surface area contributed by atoms with Crippen molar-refractivity contribution in [3.8, 4) is 5.75 Å². The maximum Gasteiger partial charge on any atom is 0.151 e. The summed E-state index contributed by atoms with van der Waals surface area (Å²) < 4.78 is 19.8. The van der Waals surface area contributed by atoms with Crippen LogP contribution in [0.4, 0.5) is 4.48 Å². The number of ether oxygens (including phenoxy) is 1. The van der Waals surface area contributed by atoms with Crippen LogP contribution in [0.15, 0.2) is 54.2 Å². The molecule has 0 heterocycles. The minimum atomic E-state index is -0.254. The fraction of sp³-hybridized carbons (Fsp3) is 0.562. The Morgan fingerprint density at radius 3 is 2.23 bits per heavy atom. The normalized spacial score (nSPS) is 18.7. The van der Waals surface area contributed by atoms with Gasteiger partial charge in [-0.15, -0.1) is 0 Å². The molecule has 0 fully saturated rings. The van der Waals surface area contributed by atoms with Crippen molar-refractivity contribution in [2.45, 2.75) is 92.5 Å². The lowest BCUT2D eigenvalue weighted by Gasteiger charge is -2.30. The second kappa shape index (κ2) is 21.9. The number of allylic oxidation sites excluding steroid dienone is 4. The van der Waals surface area contributed by atoms with Crippen LogP contribution < -0.4 is 4.74 Å². The zero-order valence-electron chi connectivity index (χ0n) is 25.4. The first kappa shape index (κ1) is 36.1. The van der Waals surface area contributed by atoms with Gasteiger partial charge in [-0.2, -0.15) is 0 Å². The van der Waals surface area contributed by atoms with E-state index in [0.717, 1.165) is 54.6 Å². The summed E-state index contributed by atoms with van der Waals surface area (Å²) in [5.74, 6) is 1.97. The SMILES string of the molecule is C=C(ON(F)C(CC)C1CC=CCC1)c1ccc(OC)cc1C.CC.CC=O.CO/N=C(\C)C1CC=CCC1. The van der Waals surface area contributed by atoms with Gasteiger partial charge in [-0.25, -0.2) is 0 Å². The molecule has 220 valence electrons. The van der Waals surface area contributed by atoms with Crippen LogP contribution in [0.3, 0.4) is 0 Å². The predicted octanol–water partition coefficient (Wildman–Crippen LogP) is 8.82. The molecule has 3 rings (SSSR count). The molecule has 6 nitrogen and oxygen atoms in total. The number of carbonyl (C=O) groups excluding carboxylic acids is 1. The molecule has 0 saturated heterocycles. The molecule has 1 aromatic carbocycles. The largest absolute Gasteiger partial charge is 0.497 e. The third kappa shape index (κ3) is 13.6. The first-order valence-electron chi connectivity index (χ1n) is 14.1. The van der Waals surface area contributed by atoms with Gasteiger partial charge in [-0.05, 0) is 95.4 Å². The number of carbonyl (C=O) groups is 1. The molecule has 2 aliphatic carbocycles. The molecule has 0 saturated carbocycles. The van der Waals surface area contributed by atoms with E-state index in [1.54, 1.807) is 14.2 Å². The zero-order valence-corrected chi connectivity index (χ0v) is 25.4. The van der Waals surface area contributed by atoms with Crippen LogP contribution >= 0.6 is 0 Å². The molecule has 0 aromatic heterocycles. The van der Waals surface area contributed by atoms with Gasteiger partial charge >= 0.3 is 0 Å². The second-order valence-corrected chi connectivity index (χ2v) is 9.12. The van der Waals surface area contributed by atoms with Gasteiger partial charge in [0.1, 0.15) is 19.1 Å². The Bertz CT molecular complexity index is 913. The Labute approximate surface area is 236 Å². The van der Waals surface area contributed by atoms with Gasteiger partial charge in [0, 0.05) is 16.8 Å². The van der Waals surface area contributed by atoms with Crippen LogP contribution in [-0.4, -0.2) is 37.5 Å². The maximum absolute atomic E-state index is 14.6. The standard InChI is InChI=1S/C19H26FNO2.C9H15NO.C2H4O.C2H6/c1-5-19(16-9-7-6-8-10-16)21(20)23-15(3)18-12-11-17(22-4)13-14(18)2;1-8(10-11-2)9-6-4-3-5-7-9;1-2-3;1-2/h6-7,11-13,16,19H,3,5,8-10H2,1-2,4H3;3-4,9H,5-7H2,1-2H3;2H,1H3;1-2H3/b;10-8+;;. The summed E-state index contributed by atoms with van der Waals surface area (Å²) in [7, 11) is 3.22. The number of rotatable bonds is 9. The second-order valence-electron chi connectivity index (χ2n) is 9.12. The summed E-state index contributed by atoms with van der Waals surface area (Å²) in [4.78, 5) is 18.9. The van der Waals surface area contributed by atoms with E-state index in [0.29, 0.717) is 23.4 Å². The number of oxime groups is 1. The number of hydroxylamine groups is 1. The van der Waals surface area contributed by atoms with E-state index < -0.39 is 0 Å². The van der Waals surface area contributed by atoms with Crippen molar-refractivity contribution in [3.05, 3.63) is 60.2 Å². The molecule has 0 N–H and O–H groups in total. The van der Waals surface area contributed by atoms with Crippen LogP contribution in [0.25, 0.3) is 5.76 Å². The topological polar surface area (TPSA) is 60.4 Å². The molecule has 0 amide bonds. The van der Waals surface area contributed by atoms with Crippen molar-refractivity contribution >= 4 is 17.8 Å². The van der Waals surface area contributed by atoms with Gasteiger partial charge in [0.05, 0.1) is 18.9 Å². The van der Waals surface area contributed by atoms with Crippen molar-refractivity contribution < 1.29 is 23.7 Å². The summed E-state index contributed by atoms with van der Waals surface area (Å²) in [6, 6.07) is 5.29. The number of aryl methyl sites for hydroxylation is 1. The minimum absolute atomic E-state index is 0.254. The number of benzene rings is 1. The number of methoxy groups -OCH3 is 1. The molecule has 39 heavy (non-hydrogen) atoms. The summed E-state index contributed by atoms with van der Waals surface area (Å²) in [5.41, 5.74) is 2.85. The van der Waals surface area contributed by atoms with Crippen molar-refractivity contribution in [3.63, 3.8) is 0 Å². The van der Waals surface area contributed by atoms with Crippen molar-refractivity contribution in [2.75, 3.05) is 14.2 Å². The van der Waals surface area contributed by atoms with Gasteiger partial charge in [-0.1, -0.05) is 61.3 Å². The molecule has 1 aromatic rings. The monoisotopic (exact) mass is 546 g/mol. The first-order valence-corrected chi connectivity index (χ1v) is 14.1. The van der Waals surface area contributed by atoms with E-state index >= 15 is 0 Å². The maximum atomic E-state index is 14.6. The Hall–Kier alpha value is -2.93. The van der Waals surface area contributed by atoms with Crippen molar-refractivity contribution in [2.24, 2.45) is 17.0 Å². The highest BCUT2D eigenvalue weighted by Crippen LogP contribution is 2.30. The zero-order chi connectivity index (χ0) is 29.6. The summed E-state index contributed by atoms with van der Waals surface area (Å²) in [6.07, 6.45) is 16.6. The highest BCUT2D eigenvalue weighted by Gasteiger charge is 2.29. The smallest absolute Gasteiger partial charge is 0.151 e. The number of halogens is 1. The van der Waals surface area contributed by atoms with Gasteiger partial charge in [0.2, 0.25) is 0 Å². The van der Waals surface area contributed by atoms with Gasteiger partial charge in [0.15, 0.2) is 5.76 Å². The lowest BCUT2D eigenvalue weighted by Crippen LogP contribution is -2.35. The number of nitrogens with zero attached hydrogens (tertiary/aromatic N) is 2. The van der Waals surface area contributed by atoms with Gasteiger partial charge in [-0.3, -0.25) is 0 Å². The average Bonchev–Trinajstić information content (AvgIpc) is 2.96. The Morgan fingerprint density at radius 2 is 1.77 bits per heavy atom. The van der Waals surface area contributed by atoms with E-state index in [1.807, 2.05) is 52.8 Å². The quantitative estimate of drug-likeness (QED) is 0.0773. The highest BCUT2D eigenvalue weighted by molar-refractivity contribution is 5.84. The third-order valence-corrected chi connectivity index (χ3v) is 6.56. The predicted molar refractivity (Wildman–Crippen MR) is 161 cm³/mol. The third-order valence-electron chi connectivity index (χ3n) is 6.56. The van der Waals surface area contributed by atoms with Crippen molar-refractivity contribution in [1.82, 2.24) is 5.29 Å². The van der Waals surface area contributed by atoms with Crippen LogP contribution in [0.2, 0.25) is 0 Å². The van der Waals surface area contributed by atoms with E-state index in [1.165, 1.54) is 19.8 Å². The minimum Gasteiger partial charge on any atom is -0.497 e. The lowest BCUT2D eigenvalue weighted by atomic mass is 9.87. The Kier molecular flexibility index (Phi) is 20.3. The molecule has 3 atom stereocenters. The van der Waals surface area contributed by atoms with E-state index in [9.17, 15) is 4.48 Å². The molecule has 3 unspecified atom stereocenters. The van der Waals surface area contributed by atoms with Gasteiger partial charge in [0.25, 0.3) is 0 Å². The van der Waals surface area contributed by atoms with Crippen LogP contribution in [0.1, 0.15) is 90.7 Å². The van der Waals surface area contributed by atoms with E-state index in [4.69, 9.17) is 19.2 Å². The van der Waals surface area contributed by atoms with E-state index in [2.05, 4.69) is 36.0 Å². The van der Waals surface area contributed by atoms with Crippen LogP contribution in [0, 0.1) is 18.8 Å². The summed E-state index contributed by atoms with van der Waals surface area (Å²) >= 11 is 0. The average molecular weight is 547 g/mol. The number of hydrogen-bond donors (Lipinski definition) is 0. The molecule has 0 radical (unpaired) electrons. The Balaban J connectivity index is 0.000000751. The van der Waals surface area contributed by atoms with Gasteiger partial charge < -0.3 is 19.2 Å². The first-order chi connectivity index (χ1) is 18.8. The van der Waals surface area contributed by atoms with E-state index in [-0.39, 0.29) is 12.0 Å². The Morgan fingerprint density at radius 1 is 1.15 bits per heavy atom. The fourth-order valence-corrected chi connectivity index (χ4v) is 4.50. The fourth-order valence-electron chi connectivity index (χ4n) is 4.50.